The SMILES string of the molecule is COc1cccc(-c2cc(C(=O)NCc3ccco3)c(C)n2-c2ccccc2)c1. The molecule has 0 atom stereocenters. The number of amides is 1. The first-order chi connectivity index (χ1) is 14.2. The number of carbonyl (C=O) groups is 1. The number of hydrogen-bond donors (Lipinski definition) is 1. The first kappa shape index (κ1) is 18.6. The second kappa shape index (κ2) is 8.10. The van der Waals surface area contributed by atoms with Crippen molar-refractivity contribution in [3.05, 3.63) is 96.1 Å². The fourth-order valence-electron chi connectivity index (χ4n) is 3.42. The van der Waals surface area contributed by atoms with Crippen molar-refractivity contribution >= 4 is 5.91 Å². The zero-order chi connectivity index (χ0) is 20.2. The fourth-order valence-corrected chi connectivity index (χ4v) is 3.42. The highest BCUT2D eigenvalue weighted by atomic mass is 16.5. The van der Waals surface area contributed by atoms with Gasteiger partial charge in [0.15, 0.2) is 0 Å². The predicted molar refractivity (Wildman–Crippen MR) is 112 cm³/mol. The van der Waals surface area contributed by atoms with Gasteiger partial charge in [-0.15, -0.1) is 0 Å². The summed E-state index contributed by atoms with van der Waals surface area (Å²) >= 11 is 0. The van der Waals surface area contributed by atoms with Gasteiger partial charge in [-0.3, -0.25) is 4.79 Å². The zero-order valence-electron chi connectivity index (χ0n) is 16.4. The number of rotatable bonds is 6. The van der Waals surface area contributed by atoms with E-state index in [1.807, 2.05) is 73.7 Å². The zero-order valence-corrected chi connectivity index (χ0v) is 16.4. The number of furan rings is 1. The van der Waals surface area contributed by atoms with Crippen LogP contribution in [-0.4, -0.2) is 17.6 Å². The quantitative estimate of drug-likeness (QED) is 0.508. The van der Waals surface area contributed by atoms with Crippen molar-refractivity contribution in [2.24, 2.45) is 0 Å². The Labute approximate surface area is 169 Å². The van der Waals surface area contributed by atoms with Crippen LogP contribution in [0.4, 0.5) is 0 Å². The van der Waals surface area contributed by atoms with Crippen LogP contribution < -0.4 is 10.1 Å². The molecule has 4 rings (SSSR count). The molecule has 4 aromatic rings. The maximum Gasteiger partial charge on any atom is 0.253 e. The van der Waals surface area contributed by atoms with Crippen LogP contribution in [0.5, 0.6) is 5.75 Å². The van der Waals surface area contributed by atoms with Crippen LogP contribution in [0.2, 0.25) is 0 Å². The van der Waals surface area contributed by atoms with Crippen LogP contribution in [-0.2, 0) is 6.54 Å². The summed E-state index contributed by atoms with van der Waals surface area (Å²) < 4.78 is 12.8. The maximum atomic E-state index is 12.9. The van der Waals surface area contributed by atoms with Crippen molar-refractivity contribution in [3.63, 3.8) is 0 Å². The Morgan fingerprint density at radius 3 is 2.59 bits per heavy atom. The Morgan fingerprint density at radius 1 is 1.03 bits per heavy atom. The third-order valence-electron chi connectivity index (χ3n) is 4.87. The maximum absolute atomic E-state index is 12.9. The van der Waals surface area contributed by atoms with Crippen LogP contribution in [0.25, 0.3) is 16.9 Å². The van der Waals surface area contributed by atoms with Gasteiger partial charge < -0.3 is 19.0 Å². The van der Waals surface area contributed by atoms with E-state index in [0.717, 1.165) is 28.4 Å². The molecule has 0 radical (unpaired) electrons. The molecule has 5 nitrogen and oxygen atoms in total. The molecule has 0 aliphatic carbocycles. The summed E-state index contributed by atoms with van der Waals surface area (Å²) in [7, 11) is 1.65. The largest absolute Gasteiger partial charge is 0.497 e. The number of ether oxygens (including phenoxy) is 1. The molecule has 0 fully saturated rings. The average molecular weight is 386 g/mol. The lowest BCUT2D eigenvalue weighted by atomic mass is 10.1. The van der Waals surface area contributed by atoms with Gasteiger partial charge in [-0.1, -0.05) is 30.3 Å². The molecular formula is C24H22N2O3. The minimum atomic E-state index is -0.141. The van der Waals surface area contributed by atoms with E-state index in [0.29, 0.717) is 17.9 Å². The third kappa shape index (κ3) is 3.80. The third-order valence-corrected chi connectivity index (χ3v) is 4.87. The van der Waals surface area contributed by atoms with E-state index in [-0.39, 0.29) is 5.91 Å². The molecule has 1 amide bonds. The second-order valence-corrected chi connectivity index (χ2v) is 6.69. The molecule has 0 unspecified atom stereocenters. The van der Waals surface area contributed by atoms with Crippen molar-refractivity contribution in [1.82, 2.24) is 9.88 Å². The summed E-state index contributed by atoms with van der Waals surface area (Å²) in [5.41, 5.74) is 4.38. The highest BCUT2D eigenvalue weighted by molar-refractivity contribution is 5.97. The number of nitrogens with zero attached hydrogens (tertiary/aromatic N) is 1. The molecule has 2 aromatic carbocycles. The van der Waals surface area contributed by atoms with Crippen molar-refractivity contribution in [2.45, 2.75) is 13.5 Å². The lowest BCUT2D eigenvalue weighted by molar-refractivity contribution is 0.0947. The average Bonchev–Trinajstić information content (AvgIpc) is 3.40. The van der Waals surface area contributed by atoms with E-state index in [1.165, 1.54) is 0 Å². The van der Waals surface area contributed by atoms with Gasteiger partial charge in [-0.2, -0.15) is 0 Å². The summed E-state index contributed by atoms with van der Waals surface area (Å²) in [5.74, 6) is 1.34. The van der Waals surface area contributed by atoms with Crippen LogP contribution in [0.1, 0.15) is 21.8 Å². The molecule has 1 N–H and O–H groups in total. The van der Waals surface area contributed by atoms with Crippen molar-refractivity contribution in [1.29, 1.82) is 0 Å². The summed E-state index contributed by atoms with van der Waals surface area (Å²) in [6.45, 7) is 2.30. The summed E-state index contributed by atoms with van der Waals surface area (Å²) in [4.78, 5) is 12.9. The smallest absolute Gasteiger partial charge is 0.253 e. The lowest BCUT2D eigenvalue weighted by Crippen LogP contribution is -2.23. The van der Waals surface area contributed by atoms with Gasteiger partial charge in [0.2, 0.25) is 0 Å². The summed E-state index contributed by atoms with van der Waals surface area (Å²) in [6, 6.07) is 23.4. The number of hydrogen-bond acceptors (Lipinski definition) is 3. The van der Waals surface area contributed by atoms with E-state index in [1.54, 1.807) is 19.4 Å². The first-order valence-electron chi connectivity index (χ1n) is 9.40. The number of aromatic nitrogens is 1. The van der Waals surface area contributed by atoms with E-state index in [2.05, 4.69) is 9.88 Å². The second-order valence-electron chi connectivity index (χ2n) is 6.69. The Kier molecular flexibility index (Phi) is 5.20. The van der Waals surface area contributed by atoms with Gasteiger partial charge in [0, 0.05) is 16.9 Å². The lowest BCUT2D eigenvalue weighted by Gasteiger charge is -2.13. The first-order valence-corrected chi connectivity index (χ1v) is 9.40. The molecule has 0 bridgehead atoms. The van der Waals surface area contributed by atoms with Gasteiger partial charge in [-0.05, 0) is 49.4 Å². The standard InChI is InChI=1S/C24H22N2O3/c1-17-22(24(27)25-16-21-12-7-13-29-21)15-23(18-8-6-11-20(14-18)28-2)26(17)19-9-4-3-5-10-19/h3-15H,16H2,1-2H3,(H,25,27). The van der Waals surface area contributed by atoms with E-state index < -0.39 is 0 Å². The van der Waals surface area contributed by atoms with Crippen LogP contribution in [0.15, 0.2) is 83.5 Å². The summed E-state index contributed by atoms with van der Waals surface area (Å²) in [5, 5.41) is 2.94. The number of nitrogens with one attached hydrogen (secondary N) is 1. The Bertz CT molecular complexity index is 1110. The molecule has 2 heterocycles. The Balaban J connectivity index is 1.77. The van der Waals surface area contributed by atoms with Crippen molar-refractivity contribution in [2.75, 3.05) is 7.11 Å². The van der Waals surface area contributed by atoms with Crippen molar-refractivity contribution < 1.29 is 13.9 Å². The molecule has 0 saturated heterocycles. The van der Waals surface area contributed by atoms with Crippen molar-refractivity contribution in [3.8, 4) is 22.7 Å². The highest BCUT2D eigenvalue weighted by Gasteiger charge is 2.20. The molecule has 0 saturated carbocycles. The number of benzene rings is 2. The summed E-state index contributed by atoms with van der Waals surface area (Å²) in [6.07, 6.45) is 1.60. The Morgan fingerprint density at radius 2 is 1.86 bits per heavy atom. The molecule has 0 aliphatic rings. The fraction of sp³-hybridized carbons (Fsp3) is 0.125. The molecule has 0 spiro atoms. The van der Waals surface area contributed by atoms with Gasteiger partial charge >= 0.3 is 0 Å². The van der Waals surface area contributed by atoms with E-state index in [4.69, 9.17) is 9.15 Å². The molecule has 29 heavy (non-hydrogen) atoms. The molecule has 146 valence electrons. The minimum absolute atomic E-state index is 0.141. The topological polar surface area (TPSA) is 56.4 Å². The molecule has 5 heteroatoms. The van der Waals surface area contributed by atoms with Crippen LogP contribution >= 0.6 is 0 Å². The van der Waals surface area contributed by atoms with E-state index >= 15 is 0 Å². The minimum Gasteiger partial charge on any atom is -0.497 e. The van der Waals surface area contributed by atoms with Gasteiger partial charge in [0.1, 0.15) is 11.5 Å². The number of para-hydroxylation sites is 1. The highest BCUT2D eigenvalue weighted by Crippen LogP contribution is 2.31. The van der Waals surface area contributed by atoms with E-state index in [9.17, 15) is 4.79 Å². The normalized spacial score (nSPS) is 10.7. The number of carbonyl (C=O) groups excluding carboxylic acids is 1. The molecule has 0 aliphatic heterocycles. The molecule has 2 aromatic heterocycles. The Hall–Kier alpha value is -3.73. The molecular weight excluding hydrogens is 364 g/mol. The van der Waals surface area contributed by atoms with Gasteiger partial charge in [0.25, 0.3) is 5.91 Å². The number of methoxy groups -OCH3 is 1. The van der Waals surface area contributed by atoms with Crippen LogP contribution in [0.3, 0.4) is 0 Å². The van der Waals surface area contributed by atoms with Gasteiger partial charge in [-0.25, -0.2) is 0 Å². The van der Waals surface area contributed by atoms with Crippen LogP contribution in [0, 0.1) is 6.92 Å². The monoisotopic (exact) mass is 386 g/mol. The van der Waals surface area contributed by atoms with Gasteiger partial charge in [0.05, 0.1) is 31.2 Å². The predicted octanol–water partition coefficient (Wildman–Crippen LogP) is 4.98.